The van der Waals surface area contributed by atoms with Crippen LogP contribution in [0.3, 0.4) is 0 Å². The van der Waals surface area contributed by atoms with E-state index in [1.807, 2.05) is 12.1 Å². The van der Waals surface area contributed by atoms with Crippen molar-refractivity contribution < 1.29 is 17.9 Å². The third-order valence-electron chi connectivity index (χ3n) is 2.76. The summed E-state index contributed by atoms with van der Waals surface area (Å²) in [5.41, 5.74) is -3.80. The van der Waals surface area contributed by atoms with Crippen LogP contribution in [0, 0.1) is 11.3 Å². The Morgan fingerprint density at radius 2 is 1.82 bits per heavy atom. The Hall–Kier alpha value is -2.13. The van der Waals surface area contributed by atoms with Crippen molar-refractivity contribution in [3.8, 4) is 11.8 Å². The van der Waals surface area contributed by atoms with Gasteiger partial charge in [-0.2, -0.15) is 18.4 Å². The summed E-state index contributed by atoms with van der Waals surface area (Å²) >= 11 is -0.182. The lowest BCUT2D eigenvalue weighted by Crippen LogP contribution is -2.07. The Morgan fingerprint density at radius 1 is 1.09 bits per heavy atom. The number of halogens is 3. The van der Waals surface area contributed by atoms with Gasteiger partial charge in [0.15, 0.2) is 0 Å². The summed E-state index contributed by atoms with van der Waals surface area (Å²) in [7, 11) is 0. The van der Waals surface area contributed by atoms with Crippen LogP contribution in [0.5, 0.6) is 5.75 Å². The molecule has 0 amide bonds. The fourth-order valence-corrected chi connectivity index (χ4v) is 2.49. The second-order valence-corrected chi connectivity index (χ2v) is 5.54. The molecule has 1 atom stereocenters. The number of benzene rings is 2. The third-order valence-corrected chi connectivity index (χ3v) is 3.48. The molecule has 1 unspecified atom stereocenters. The molecule has 0 radical (unpaired) electrons. The standard InChI is InChI=1S/C16H12F3NOS/c17-16(18,19)22-14-8-4-5-12(11-14)15(9-10-20)21-13-6-2-1-3-7-13/h1-8,11,15H,9H2. The van der Waals surface area contributed by atoms with Gasteiger partial charge >= 0.3 is 5.51 Å². The Morgan fingerprint density at radius 3 is 2.45 bits per heavy atom. The minimum Gasteiger partial charge on any atom is -0.485 e. The highest BCUT2D eigenvalue weighted by molar-refractivity contribution is 8.00. The first-order chi connectivity index (χ1) is 10.5. The topological polar surface area (TPSA) is 33.0 Å². The molecule has 0 fully saturated rings. The largest absolute Gasteiger partial charge is 0.485 e. The fraction of sp³-hybridized carbons (Fsp3) is 0.188. The molecule has 2 rings (SSSR count). The van der Waals surface area contributed by atoms with E-state index in [1.54, 1.807) is 30.3 Å². The second-order valence-electron chi connectivity index (χ2n) is 4.40. The van der Waals surface area contributed by atoms with Crippen molar-refractivity contribution >= 4 is 11.8 Å². The molecule has 0 aromatic heterocycles. The first kappa shape index (κ1) is 16.2. The zero-order chi connectivity index (χ0) is 16.0. The van der Waals surface area contributed by atoms with Crippen LogP contribution in [-0.2, 0) is 0 Å². The molecule has 2 aromatic rings. The van der Waals surface area contributed by atoms with Crippen molar-refractivity contribution in [2.75, 3.05) is 0 Å². The molecule has 0 aliphatic heterocycles. The molecule has 2 nitrogen and oxygen atoms in total. The minimum atomic E-state index is -4.34. The maximum absolute atomic E-state index is 12.4. The second kappa shape index (κ2) is 7.23. The first-order valence-electron chi connectivity index (χ1n) is 6.42. The zero-order valence-corrected chi connectivity index (χ0v) is 12.2. The summed E-state index contributed by atoms with van der Waals surface area (Å²) in [6, 6.07) is 16.8. The third kappa shape index (κ3) is 5.01. The van der Waals surface area contributed by atoms with E-state index in [4.69, 9.17) is 10.00 Å². The van der Waals surface area contributed by atoms with E-state index in [9.17, 15) is 13.2 Å². The van der Waals surface area contributed by atoms with Crippen molar-refractivity contribution in [3.63, 3.8) is 0 Å². The van der Waals surface area contributed by atoms with Gasteiger partial charge in [-0.3, -0.25) is 0 Å². The van der Waals surface area contributed by atoms with Crippen LogP contribution in [0.15, 0.2) is 59.5 Å². The van der Waals surface area contributed by atoms with Gasteiger partial charge in [0.1, 0.15) is 11.9 Å². The molecular formula is C16H12F3NOS. The van der Waals surface area contributed by atoms with E-state index in [-0.39, 0.29) is 23.1 Å². The van der Waals surface area contributed by atoms with E-state index < -0.39 is 11.6 Å². The van der Waals surface area contributed by atoms with Gasteiger partial charge in [-0.15, -0.1) is 0 Å². The van der Waals surface area contributed by atoms with Gasteiger partial charge in [0.25, 0.3) is 0 Å². The number of nitrogens with zero attached hydrogens (tertiary/aromatic N) is 1. The lowest BCUT2D eigenvalue weighted by Gasteiger charge is -2.18. The summed E-state index contributed by atoms with van der Waals surface area (Å²) in [4.78, 5) is 0.0737. The number of para-hydroxylation sites is 1. The number of rotatable bonds is 5. The SMILES string of the molecule is N#CCC(Oc1ccccc1)c1cccc(SC(F)(F)F)c1. The van der Waals surface area contributed by atoms with Crippen LogP contribution in [-0.4, -0.2) is 5.51 Å². The lowest BCUT2D eigenvalue weighted by atomic mass is 10.1. The normalized spacial score (nSPS) is 12.5. The van der Waals surface area contributed by atoms with Crippen molar-refractivity contribution in [2.45, 2.75) is 22.9 Å². The maximum Gasteiger partial charge on any atom is 0.446 e. The van der Waals surface area contributed by atoms with Gasteiger partial charge in [0.05, 0.1) is 12.5 Å². The average Bonchev–Trinajstić information content (AvgIpc) is 2.46. The van der Waals surface area contributed by atoms with Crippen molar-refractivity contribution in [3.05, 3.63) is 60.2 Å². The summed E-state index contributed by atoms with van der Waals surface area (Å²) in [6.45, 7) is 0. The molecular weight excluding hydrogens is 311 g/mol. The first-order valence-corrected chi connectivity index (χ1v) is 7.24. The van der Waals surface area contributed by atoms with Gasteiger partial charge < -0.3 is 4.74 Å². The molecule has 22 heavy (non-hydrogen) atoms. The molecule has 114 valence electrons. The number of hydrogen-bond acceptors (Lipinski definition) is 3. The average molecular weight is 323 g/mol. The number of ether oxygens (including phenoxy) is 1. The Labute approximate surface area is 130 Å². The van der Waals surface area contributed by atoms with E-state index in [2.05, 4.69) is 0 Å². The van der Waals surface area contributed by atoms with E-state index in [0.717, 1.165) is 0 Å². The van der Waals surface area contributed by atoms with Gasteiger partial charge in [0.2, 0.25) is 0 Å². The quantitative estimate of drug-likeness (QED) is 0.697. The van der Waals surface area contributed by atoms with Crippen molar-refractivity contribution in [2.24, 2.45) is 0 Å². The Bertz CT molecular complexity index is 652. The summed E-state index contributed by atoms with van der Waals surface area (Å²) in [6.07, 6.45) is -0.559. The highest BCUT2D eigenvalue weighted by Crippen LogP contribution is 2.38. The number of nitriles is 1. The molecule has 0 spiro atoms. The fourth-order valence-electron chi connectivity index (χ4n) is 1.89. The van der Waals surface area contributed by atoms with Crippen molar-refractivity contribution in [1.29, 1.82) is 5.26 Å². The molecule has 0 aliphatic carbocycles. The van der Waals surface area contributed by atoms with Gasteiger partial charge in [0, 0.05) is 4.90 Å². The van der Waals surface area contributed by atoms with Gasteiger partial charge in [-0.1, -0.05) is 30.3 Å². The van der Waals surface area contributed by atoms with Crippen LogP contribution in [0.1, 0.15) is 18.1 Å². The van der Waals surface area contributed by atoms with Crippen LogP contribution in [0.4, 0.5) is 13.2 Å². The molecule has 0 saturated heterocycles. The summed E-state index contributed by atoms with van der Waals surface area (Å²) in [5, 5.41) is 8.92. The van der Waals surface area contributed by atoms with Crippen LogP contribution in [0.25, 0.3) is 0 Å². The highest BCUT2D eigenvalue weighted by Gasteiger charge is 2.29. The lowest BCUT2D eigenvalue weighted by molar-refractivity contribution is -0.0328. The smallest absolute Gasteiger partial charge is 0.446 e. The summed E-state index contributed by atoms with van der Waals surface area (Å²) in [5.74, 6) is 0.566. The van der Waals surface area contributed by atoms with Crippen molar-refractivity contribution in [1.82, 2.24) is 0 Å². The van der Waals surface area contributed by atoms with Crippen LogP contribution < -0.4 is 4.74 Å². The molecule has 0 N–H and O–H groups in total. The van der Waals surface area contributed by atoms with E-state index in [0.29, 0.717) is 11.3 Å². The highest BCUT2D eigenvalue weighted by atomic mass is 32.2. The van der Waals surface area contributed by atoms with E-state index in [1.165, 1.54) is 18.2 Å². The molecule has 0 aliphatic rings. The van der Waals surface area contributed by atoms with Crippen LogP contribution >= 0.6 is 11.8 Å². The minimum absolute atomic E-state index is 0.0506. The van der Waals surface area contributed by atoms with Crippen LogP contribution in [0.2, 0.25) is 0 Å². The maximum atomic E-state index is 12.4. The zero-order valence-electron chi connectivity index (χ0n) is 11.4. The number of alkyl halides is 3. The monoisotopic (exact) mass is 323 g/mol. The summed E-state index contributed by atoms with van der Waals surface area (Å²) < 4.78 is 43.1. The number of thioether (sulfide) groups is 1. The predicted octanol–water partition coefficient (Wildman–Crippen LogP) is 5.33. The number of hydrogen-bond donors (Lipinski definition) is 0. The Kier molecular flexibility index (Phi) is 5.34. The predicted molar refractivity (Wildman–Crippen MR) is 78.4 cm³/mol. The molecule has 0 bridgehead atoms. The molecule has 0 heterocycles. The van der Waals surface area contributed by atoms with Gasteiger partial charge in [-0.05, 0) is 41.6 Å². The molecule has 6 heteroatoms. The molecule has 2 aromatic carbocycles. The molecule has 0 saturated carbocycles. The Balaban J connectivity index is 2.21. The van der Waals surface area contributed by atoms with Gasteiger partial charge in [-0.25, -0.2) is 0 Å². The van der Waals surface area contributed by atoms with E-state index >= 15 is 0 Å².